The lowest BCUT2D eigenvalue weighted by Crippen LogP contribution is -2.38. The Bertz CT molecular complexity index is 998. The standard InChI is InChI=1S/C19H25N3O.2C2HF3O2/c1-21-19-17(11-20-21)9-10-22(12-15-5-3-2-4-6-15)18(19)14-23-13-16-7-8-16;2*3-2(4,5)1(6)7/h2-6,11,16,18H,7-10,12-14H2,1H3;2*(H,6,7). The van der Waals surface area contributed by atoms with Crippen LogP contribution in [0.1, 0.15) is 35.7 Å². The topological polar surface area (TPSA) is 105 Å². The van der Waals surface area contributed by atoms with Crippen molar-refractivity contribution < 1.29 is 50.9 Å². The fraction of sp³-hybridized carbons (Fsp3) is 0.522. The van der Waals surface area contributed by atoms with Crippen LogP contribution in [0.5, 0.6) is 0 Å². The zero-order valence-corrected chi connectivity index (χ0v) is 19.8. The predicted octanol–water partition coefficient (Wildman–Crippen LogP) is 4.21. The molecule has 1 atom stereocenters. The van der Waals surface area contributed by atoms with Crippen LogP contribution in [0.25, 0.3) is 0 Å². The van der Waals surface area contributed by atoms with Crippen molar-refractivity contribution >= 4 is 11.9 Å². The second-order valence-corrected chi connectivity index (χ2v) is 8.49. The maximum absolute atomic E-state index is 10.6. The molecule has 8 nitrogen and oxygen atoms in total. The number of carbonyl (C=O) groups is 2. The van der Waals surface area contributed by atoms with E-state index in [4.69, 9.17) is 24.5 Å². The lowest BCUT2D eigenvalue weighted by molar-refractivity contribution is -0.193. The van der Waals surface area contributed by atoms with Crippen LogP contribution in [0.4, 0.5) is 26.3 Å². The number of halogens is 6. The Labute approximate surface area is 208 Å². The minimum Gasteiger partial charge on any atom is -0.475 e. The number of hydrogen-bond donors (Lipinski definition) is 2. The van der Waals surface area contributed by atoms with Gasteiger partial charge in [-0.25, -0.2) is 9.59 Å². The number of hydrogen-bond acceptors (Lipinski definition) is 5. The van der Waals surface area contributed by atoms with E-state index >= 15 is 0 Å². The third-order valence-electron chi connectivity index (χ3n) is 5.53. The number of aromatic nitrogens is 2. The SMILES string of the molecule is Cn1ncc2c1C(COCC1CC1)N(Cc1ccccc1)CC2.O=C(O)C(F)(F)F.O=C(O)C(F)(F)F. The highest BCUT2D eigenvalue weighted by Crippen LogP contribution is 2.33. The second kappa shape index (κ2) is 12.9. The molecule has 2 aromatic rings. The monoisotopic (exact) mass is 539 g/mol. The highest BCUT2D eigenvalue weighted by molar-refractivity contribution is 5.73. The van der Waals surface area contributed by atoms with E-state index in [1.165, 1.54) is 29.7 Å². The van der Waals surface area contributed by atoms with Crippen LogP contribution in [0.2, 0.25) is 0 Å². The summed E-state index contributed by atoms with van der Waals surface area (Å²) in [4.78, 5) is 20.3. The van der Waals surface area contributed by atoms with Crippen molar-refractivity contribution in [2.75, 3.05) is 19.8 Å². The van der Waals surface area contributed by atoms with Gasteiger partial charge in [0, 0.05) is 26.7 Å². The van der Waals surface area contributed by atoms with Crippen LogP contribution in [-0.2, 0) is 34.3 Å². The van der Waals surface area contributed by atoms with Crippen LogP contribution in [0.3, 0.4) is 0 Å². The average molecular weight is 539 g/mol. The normalized spacial score (nSPS) is 17.5. The largest absolute Gasteiger partial charge is 0.490 e. The molecule has 0 radical (unpaired) electrons. The summed E-state index contributed by atoms with van der Waals surface area (Å²) < 4.78 is 71.6. The Kier molecular flexibility index (Phi) is 10.5. The fourth-order valence-corrected chi connectivity index (χ4v) is 3.53. The highest BCUT2D eigenvalue weighted by Gasteiger charge is 2.39. The number of nitrogens with zero attached hydrogens (tertiary/aromatic N) is 3. The molecule has 2 heterocycles. The van der Waals surface area contributed by atoms with E-state index in [-0.39, 0.29) is 0 Å². The van der Waals surface area contributed by atoms with E-state index in [0.29, 0.717) is 6.04 Å². The summed E-state index contributed by atoms with van der Waals surface area (Å²) in [6.45, 7) is 3.74. The number of carboxylic acid groups (broad SMARTS) is 2. The summed E-state index contributed by atoms with van der Waals surface area (Å²) in [6.07, 6.45) is -4.37. The van der Waals surface area contributed by atoms with Gasteiger partial charge < -0.3 is 14.9 Å². The number of rotatable bonds is 6. The van der Waals surface area contributed by atoms with Gasteiger partial charge >= 0.3 is 24.3 Å². The smallest absolute Gasteiger partial charge is 0.475 e. The molecule has 1 aliphatic heterocycles. The molecule has 1 aromatic carbocycles. The van der Waals surface area contributed by atoms with Gasteiger partial charge in [-0.2, -0.15) is 31.4 Å². The van der Waals surface area contributed by atoms with Gasteiger partial charge in [-0.1, -0.05) is 30.3 Å². The molecule has 2 aliphatic rings. The Morgan fingerprint density at radius 2 is 1.54 bits per heavy atom. The Hall–Kier alpha value is -3.13. The molecule has 206 valence electrons. The van der Waals surface area contributed by atoms with Crippen molar-refractivity contribution in [1.82, 2.24) is 14.7 Å². The molecule has 37 heavy (non-hydrogen) atoms. The maximum atomic E-state index is 10.6. The lowest BCUT2D eigenvalue weighted by Gasteiger charge is -2.36. The van der Waals surface area contributed by atoms with Crippen LogP contribution in [-0.4, -0.2) is 68.9 Å². The van der Waals surface area contributed by atoms with Gasteiger partial charge in [0.25, 0.3) is 0 Å². The quantitative estimate of drug-likeness (QED) is 0.530. The van der Waals surface area contributed by atoms with E-state index in [1.807, 2.05) is 10.9 Å². The maximum Gasteiger partial charge on any atom is 0.490 e. The molecular formula is C23H27F6N3O5. The number of aryl methyl sites for hydroxylation is 1. The summed E-state index contributed by atoms with van der Waals surface area (Å²) >= 11 is 0. The van der Waals surface area contributed by atoms with Crippen molar-refractivity contribution in [2.45, 2.75) is 44.2 Å². The first-order valence-corrected chi connectivity index (χ1v) is 11.2. The predicted molar refractivity (Wildman–Crippen MR) is 117 cm³/mol. The number of carboxylic acids is 2. The molecule has 4 rings (SSSR count). The molecule has 1 fully saturated rings. The minimum absolute atomic E-state index is 0.310. The van der Waals surface area contributed by atoms with Gasteiger partial charge in [-0.15, -0.1) is 0 Å². The van der Waals surface area contributed by atoms with Crippen molar-refractivity contribution in [3.8, 4) is 0 Å². The van der Waals surface area contributed by atoms with Crippen LogP contribution >= 0.6 is 0 Å². The van der Waals surface area contributed by atoms with E-state index in [9.17, 15) is 26.3 Å². The first kappa shape index (κ1) is 30.1. The number of benzene rings is 1. The molecule has 0 saturated heterocycles. The molecule has 1 unspecified atom stereocenters. The second-order valence-electron chi connectivity index (χ2n) is 8.49. The first-order chi connectivity index (χ1) is 17.2. The molecule has 0 bridgehead atoms. The molecule has 2 N–H and O–H groups in total. The van der Waals surface area contributed by atoms with E-state index in [2.05, 4.69) is 47.4 Å². The van der Waals surface area contributed by atoms with E-state index in [0.717, 1.165) is 38.6 Å². The van der Waals surface area contributed by atoms with Crippen LogP contribution < -0.4 is 0 Å². The number of fused-ring (bicyclic) bond motifs is 1. The third kappa shape index (κ3) is 10.0. The molecule has 0 amide bonds. The molecular weight excluding hydrogens is 512 g/mol. The van der Waals surface area contributed by atoms with Gasteiger partial charge in [-0.05, 0) is 36.3 Å². The molecule has 1 aromatic heterocycles. The van der Waals surface area contributed by atoms with Crippen molar-refractivity contribution in [3.63, 3.8) is 0 Å². The van der Waals surface area contributed by atoms with Gasteiger partial charge in [0.05, 0.1) is 24.5 Å². The van der Waals surface area contributed by atoms with Crippen LogP contribution in [0, 0.1) is 5.92 Å². The van der Waals surface area contributed by atoms with Crippen molar-refractivity contribution in [2.24, 2.45) is 13.0 Å². The van der Waals surface area contributed by atoms with Crippen molar-refractivity contribution in [3.05, 3.63) is 53.3 Å². The number of ether oxygens (including phenoxy) is 1. The Morgan fingerprint density at radius 3 is 2.03 bits per heavy atom. The van der Waals surface area contributed by atoms with Gasteiger partial charge in [0.1, 0.15) is 0 Å². The number of alkyl halides is 6. The zero-order valence-electron chi connectivity index (χ0n) is 19.8. The minimum atomic E-state index is -5.08. The Balaban J connectivity index is 0.000000286. The van der Waals surface area contributed by atoms with Crippen LogP contribution in [0.15, 0.2) is 36.5 Å². The zero-order chi connectivity index (χ0) is 27.8. The van der Waals surface area contributed by atoms with Gasteiger partial charge in [0.15, 0.2) is 0 Å². The Morgan fingerprint density at radius 1 is 1.00 bits per heavy atom. The highest BCUT2D eigenvalue weighted by atomic mass is 19.4. The summed E-state index contributed by atoms with van der Waals surface area (Å²) in [6, 6.07) is 11.0. The molecule has 1 aliphatic carbocycles. The van der Waals surface area contributed by atoms with E-state index < -0.39 is 24.3 Å². The summed E-state index contributed by atoms with van der Waals surface area (Å²) in [5, 5.41) is 18.7. The van der Waals surface area contributed by atoms with Gasteiger partial charge in [-0.3, -0.25) is 9.58 Å². The molecule has 0 spiro atoms. The van der Waals surface area contributed by atoms with E-state index in [1.54, 1.807) is 0 Å². The third-order valence-corrected chi connectivity index (χ3v) is 5.53. The van der Waals surface area contributed by atoms with Crippen molar-refractivity contribution in [1.29, 1.82) is 0 Å². The fourth-order valence-electron chi connectivity index (χ4n) is 3.53. The molecule has 14 heteroatoms. The lowest BCUT2D eigenvalue weighted by atomic mass is 9.99. The summed E-state index contributed by atoms with van der Waals surface area (Å²) in [7, 11) is 2.05. The average Bonchev–Trinajstić information content (AvgIpc) is 3.56. The number of aliphatic carboxylic acids is 2. The summed E-state index contributed by atoms with van der Waals surface area (Å²) in [5.74, 6) is -4.70. The summed E-state index contributed by atoms with van der Waals surface area (Å²) in [5.41, 5.74) is 4.09. The molecule has 1 saturated carbocycles. The first-order valence-electron chi connectivity index (χ1n) is 11.2. The van der Waals surface area contributed by atoms with Gasteiger partial charge in [0.2, 0.25) is 0 Å².